The van der Waals surface area contributed by atoms with Gasteiger partial charge in [-0.25, -0.2) is 0 Å². The Hall–Kier alpha value is 2.07. The Morgan fingerprint density at radius 2 is 1.00 bits per heavy atom. The fraction of sp³-hybridized carbons (Fsp3) is 1.00. The summed E-state index contributed by atoms with van der Waals surface area (Å²) in [5.41, 5.74) is 0. The van der Waals surface area contributed by atoms with Gasteiger partial charge >= 0.3 is 24.8 Å². The van der Waals surface area contributed by atoms with Crippen molar-refractivity contribution in [3.05, 3.63) is 0 Å². The number of hydrogen-bond donors (Lipinski definition) is 0. The topological polar surface area (TPSA) is 0 Å². The van der Waals surface area contributed by atoms with Gasteiger partial charge in [0.05, 0.1) is 24.6 Å². The first kappa shape index (κ1) is 18.4. The van der Waals surface area contributed by atoms with Gasteiger partial charge in [0.15, 0.2) is 0 Å². The van der Waals surface area contributed by atoms with Crippen molar-refractivity contribution in [1.82, 2.24) is 0 Å². The van der Waals surface area contributed by atoms with Crippen molar-refractivity contribution in [2.24, 2.45) is 0 Å². The number of hydrogen-bond acceptors (Lipinski definition) is 0. The number of rotatable bonds is 6. The van der Waals surface area contributed by atoms with E-state index in [1.54, 1.807) is 24.6 Å². The summed E-state index contributed by atoms with van der Waals surface area (Å²) < 4.78 is 0. The number of halogens is 1. The maximum atomic E-state index is 4.26. The Bertz CT molecular complexity index is 100. The van der Waals surface area contributed by atoms with Crippen LogP contribution in [0.4, 0.5) is 0 Å². The van der Waals surface area contributed by atoms with Gasteiger partial charge in [0, 0.05) is 41.2 Å². The van der Waals surface area contributed by atoms with Crippen LogP contribution in [0.1, 0.15) is 0 Å². The van der Waals surface area contributed by atoms with Crippen molar-refractivity contribution < 1.29 is 14.6 Å². The van der Waals surface area contributed by atoms with Gasteiger partial charge in [0.2, 0.25) is 0 Å². The Morgan fingerprint density at radius 1 is 0.714 bits per heavy atom. The van der Waals surface area contributed by atoms with E-state index in [4.69, 9.17) is 0 Å². The van der Waals surface area contributed by atoms with Crippen LogP contribution in [-0.2, 0) is 14.6 Å². The van der Waals surface area contributed by atoms with E-state index in [0.29, 0.717) is 0 Å². The first-order valence-electron chi connectivity index (χ1n) is 5.03. The summed E-state index contributed by atoms with van der Waals surface area (Å²) in [4.78, 5) is 0. The molecule has 0 fully saturated rings. The second kappa shape index (κ2) is 13.1. The fourth-order valence-electron chi connectivity index (χ4n) is 1.05. The molecule has 0 saturated heterocycles. The van der Waals surface area contributed by atoms with Gasteiger partial charge in [-0.3, -0.25) is 0 Å². The second-order valence-electron chi connectivity index (χ2n) is 4.37. The third kappa shape index (κ3) is 16.5. The van der Waals surface area contributed by atoms with Crippen molar-refractivity contribution >= 4 is 34.0 Å². The van der Waals surface area contributed by atoms with E-state index in [0.717, 1.165) is 0 Å². The molecule has 0 rings (SSSR count). The SMILES string of the molecule is C[PH+](C)CC[PH+](C)CC[PH+](C)C.[Cl][Ni]. The third-order valence-corrected chi connectivity index (χ3v) is 7.81. The van der Waals surface area contributed by atoms with Gasteiger partial charge in [-0.1, -0.05) is 0 Å². The van der Waals surface area contributed by atoms with Gasteiger partial charge < -0.3 is 0 Å². The minimum absolute atomic E-state index is 0.0661. The molecule has 0 saturated carbocycles. The van der Waals surface area contributed by atoms with E-state index < -0.39 is 0 Å². The Labute approximate surface area is 106 Å². The molecule has 0 bridgehead atoms. The van der Waals surface area contributed by atoms with Gasteiger partial charge in [-0.15, -0.1) is 0 Å². The average molecular weight is 321 g/mol. The molecule has 0 aromatic heterocycles. The second-order valence-corrected chi connectivity index (χ2v) is 13.1. The van der Waals surface area contributed by atoms with Crippen LogP contribution in [0.2, 0.25) is 0 Å². The molecule has 0 aliphatic rings. The van der Waals surface area contributed by atoms with Crippen molar-refractivity contribution in [2.75, 3.05) is 58.0 Å². The van der Waals surface area contributed by atoms with Gasteiger partial charge in [-0.05, 0) is 15.8 Å². The van der Waals surface area contributed by atoms with E-state index in [2.05, 4.69) is 58.1 Å². The molecule has 0 nitrogen and oxygen atoms in total. The van der Waals surface area contributed by atoms with E-state index >= 15 is 0 Å². The third-order valence-electron chi connectivity index (χ3n) is 2.10. The monoisotopic (exact) mass is 320 g/mol. The van der Waals surface area contributed by atoms with Crippen LogP contribution in [0.15, 0.2) is 0 Å². The first-order chi connectivity index (χ1) is 6.52. The maximum absolute atomic E-state index is 4.26. The zero-order valence-corrected chi connectivity index (χ0v) is 14.8. The molecule has 0 radical (unpaired) electrons. The molecule has 0 heterocycles. The van der Waals surface area contributed by atoms with E-state index in [9.17, 15) is 0 Å². The minimum atomic E-state index is 0.0661. The van der Waals surface area contributed by atoms with Crippen molar-refractivity contribution in [1.29, 1.82) is 0 Å². The predicted molar refractivity (Wildman–Crippen MR) is 79.9 cm³/mol. The van der Waals surface area contributed by atoms with Crippen LogP contribution in [-0.4, -0.2) is 58.0 Å². The fourth-order valence-corrected chi connectivity index (χ4v) is 8.72. The zero-order valence-electron chi connectivity index (χ0n) is 10.0. The molecule has 0 aromatic rings. The Kier molecular flexibility index (Phi) is 17.3. The molecule has 0 amide bonds. The van der Waals surface area contributed by atoms with Crippen LogP contribution in [0.25, 0.3) is 0 Å². The van der Waals surface area contributed by atoms with E-state index in [1.807, 2.05) is 0 Å². The molecule has 91 valence electrons. The normalized spacial score (nSPS) is 10.8. The van der Waals surface area contributed by atoms with Crippen molar-refractivity contribution in [3.8, 4) is 0 Å². The summed E-state index contributed by atoms with van der Waals surface area (Å²) in [6, 6.07) is 0. The molecular weight excluding hydrogens is 295 g/mol. The molecule has 0 aliphatic heterocycles. The van der Waals surface area contributed by atoms with Crippen LogP contribution < -0.4 is 0 Å². The molecule has 0 atom stereocenters. The van der Waals surface area contributed by atoms with Crippen LogP contribution >= 0.6 is 34.0 Å². The molecule has 5 heteroatoms. The standard InChI is InChI=1S/C9H23P3.ClH.Ni/c1-10(2)6-8-12(5)9-7-11(3)4;;/h6-9H2,1-5H3;1H;/q;;+1/p+2. The van der Waals surface area contributed by atoms with Crippen LogP contribution in [0.3, 0.4) is 0 Å². The van der Waals surface area contributed by atoms with Gasteiger partial charge in [0.25, 0.3) is 0 Å². The van der Waals surface area contributed by atoms with Crippen LogP contribution in [0, 0.1) is 0 Å². The average Bonchev–Trinajstić information content (AvgIpc) is 2.14. The Balaban J connectivity index is 0. The summed E-state index contributed by atoms with van der Waals surface area (Å²) in [6.45, 7) is 12.3. The zero-order chi connectivity index (χ0) is 11.6. The molecule has 0 spiro atoms. The van der Waals surface area contributed by atoms with E-state index in [-0.39, 0.29) is 23.8 Å². The van der Waals surface area contributed by atoms with Crippen molar-refractivity contribution in [3.63, 3.8) is 0 Å². The summed E-state index contributed by atoms with van der Waals surface area (Å²) in [5, 5.41) is 0. The van der Waals surface area contributed by atoms with E-state index in [1.165, 1.54) is 0 Å². The quantitative estimate of drug-likeness (QED) is 0.519. The van der Waals surface area contributed by atoms with Crippen LogP contribution in [0.5, 0.6) is 0 Å². The molecular formula is C9H26ClNiP3+3. The molecule has 14 heavy (non-hydrogen) atoms. The van der Waals surface area contributed by atoms with Crippen molar-refractivity contribution in [2.45, 2.75) is 0 Å². The molecule has 0 unspecified atom stereocenters. The summed E-state index contributed by atoms with van der Waals surface area (Å²) >= 11 is 3.35. The molecule has 0 aromatic carbocycles. The predicted octanol–water partition coefficient (Wildman–Crippen LogP) is 3.47. The summed E-state index contributed by atoms with van der Waals surface area (Å²) in [5.74, 6) is 0. The Morgan fingerprint density at radius 3 is 1.21 bits per heavy atom. The molecule has 0 aliphatic carbocycles. The molecule has 0 N–H and O–H groups in total. The van der Waals surface area contributed by atoms with Gasteiger partial charge in [-0.2, -0.15) is 0 Å². The first-order valence-corrected chi connectivity index (χ1v) is 14.2. The van der Waals surface area contributed by atoms with Gasteiger partial charge in [0.1, 0.15) is 0 Å². The summed E-state index contributed by atoms with van der Waals surface area (Å²) in [6.07, 6.45) is 6.29. The summed E-state index contributed by atoms with van der Waals surface area (Å²) in [7, 11) is 4.47.